The first kappa shape index (κ1) is 19.7. The van der Waals surface area contributed by atoms with Crippen molar-refractivity contribution in [2.45, 2.75) is 6.92 Å². The third kappa shape index (κ3) is 4.26. The lowest BCUT2D eigenvalue weighted by molar-refractivity contribution is 0.0950. The summed E-state index contributed by atoms with van der Waals surface area (Å²) in [5, 5.41) is 3.02. The molecule has 146 valence electrons. The Balaban J connectivity index is 2.03. The Morgan fingerprint density at radius 3 is 2.36 bits per heavy atom. The molecule has 0 saturated carbocycles. The maximum atomic E-state index is 12.8. The Morgan fingerprint density at radius 1 is 1.07 bits per heavy atom. The fourth-order valence-electron chi connectivity index (χ4n) is 3.21. The molecule has 0 aliphatic carbocycles. The molecule has 1 N–H and O–H groups in total. The monoisotopic (exact) mass is 377 g/mol. The molecule has 0 fully saturated rings. The molecule has 5 nitrogen and oxygen atoms in total. The van der Waals surface area contributed by atoms with Crippen LogP contribution in [0.4, 0.5) is 0 Å². The molecular weight excluding hydrogens is 350 g/mol. The number of para-hydroxylation sites is 1. The van der Waals surface area contributed by atoms with E-state index >= 15 is 0 Å². The van der Waals surface area contributed by atoms with Crippen molar-refractivity contribution in [3.63, 3.8) is 0 Å². The van der Waals surface area contributed by atoms with E-state index in [1.54, 1.807) is 7.11 Å². The van der Waals surface area contributed by atoms with Crippen LogP contribution in [0, 0.1) is 6.92 Å². The van der Waals surface area contributed by atoms with Crippen LogP contribution in [0.2, 0.25) is 0 Å². The number of hydrogen-bond acceptors (Lipinski definition) is 3. The van der Waals surface area contributed by atoms with Crippen LogP contribution in [-0.4, -0.2) is 49.7 Å². The maximum absolute atomic E-state index is 12.8. The van der Waals surface area contributed by atoms with Crippen molar-refractivity contribution >= 4 is 5.91 Å². The number of nitrogens with one attached hydrogen (secondary N) is 1. The van der Waals surface area contributed by atoms with Gasteiger partial charge in [-0.1, -0.05) is 18.2 Å². The lowest BCUT2D eigenvalue weighted by Gasteiger charge is -2.13. The molecule has 3 rings (SSSR count). The summed E-state index contributed by atoms with van der Waals surface area (Å²) in [7, 11) is 5.64. The van der Waals surface area contributed by atoms with E-state index in [4.69, 9.17) is 4.74 Å². The van der Waals surface area contributed by atoms with E-state index in [9.17, 15) is 4.79 Å². The Hall–Kier alpha value is -3.05. The van der Waals surface area contributed by atoms with Crippen molar-refractivity contribution in [3.8, 4) is 22.7 Å². The molecule has 0 spiro atoms. The van der Waals surface area contributed by atoms with E-state index in [1.807, 2.05) is 86.6 Å². The van der Waals surface area contributed by atoms with Gasteiger partial charge in [-0.05, 0) is 69.0 Å². The second-order valence-corrected chi connectivity index (χ2v) is 6.99. The number of rotatable bonds is 7. The van der Waals surface area contributed by atoms with Gasteiger partial charge in [-0.2, -0.15) is 0 Å². The minimum Gasteiger partial charge on any atom is -0.497 e. The van der Waals surface area contributed by atoms with Crippen molar-refractivity contribution in [1.82, 2.24) is 14.8 Å². The van der Waals surface area contributed by atoms with Crippen molar-refractivity contribution in [2.75, 3.05) is 34.3 Å². The molecule has 0 bridgehead atoms. The van der Waals surface area contributed by atoms with Gasteiger partial charge in [-0.3, -0.25) is 4.79 Å². The van der Waals surface area contributed by atoms with Gasteiger partial charge in [0.2, 0.25) is 0 Å². The first-order chi connectivity index (χ1) is 13.5. The van der Waals surface area contributed by atoms with E-state index in [2.05, 4.69) is 9.88 Å². The first-order valence-corrected chi connectivity index (χ1v) is 9.36. The molecule has 0 aliphatic heterocycles. The normalized spacial score (nSPS) is 10.9. The third-order valence-corrected chi connectivity index (χ3v) is 4.74. The Labute approximate surface area is 166 Å². The SMILES string of the molecule is COc1ccc(-c2cc(C(=O)NCCN(C)C)c(C)n2-c2ccccc2)cc1. The highest BCUT2D eigenvalue weighted by Crippen LogP contribution is 2.30. The summed E-state index contributed by atoms with van der Waals surface area (Å²) in [4.78, 5) is 14.9. The van der Waals surface area contributed by atoms with Gasteiger partial charge in [0.15, 0.2) is 0 Å². The highest BCUT2D eigenvalue weighted by molar-refractivity contribution is 5.97. The number of methoxy groups -OCH3 is 1. The molecule has 3 aromatic rings. The molecule has 0 saturated heterocycles. The van der Waals surface area contributed by atoms with Crippen LogP contribution in [0.3, 0.4) is 0 Å². The topological polar surface area (TPSA) is 46.5 Å². The van der Waals surface area contributed by atoms with E-state index in [0.717, 1.165) is 34.9 Å². The van der Waals surface area contributed by atoms with Crippen LogP contribution in [0.5, 0.6) is 5.75 Å². The predicted octanol–water partition coefficient (Wildman–Crippen LogP) is 3.75. The van der Waals surface area contributed by atoms with Gasteiger partial charge in [0.25, 0.3) is 5.91 Å². The predicted molar refractivity (Wildman–Crippen MR) is 113 cm³/mol. The lowest BCUT2D eigenvalue weighted by atomic mass is 10.1. The summed E-state index contributed by atoms with van der Waals surface area (Å²) in [5.74, 6) is 0.753. The molecule has 1 amide bonds. The first-order valence-electron chi connectivity index (χ1n) is 9.36. The number of amides is 1. The lowest BCUT2D eigenvalue weighted by Crippen LogP contribution is -2.31. The van der Waals surface area contributed by atoms with Crippen LogP contribution in [0.15, 0.2) is 60.7 Å². The molecule has 0 atom stereocenters. The second kappa shape index (κ2) is 8.76. The van der Waals surface area contributed by atoms with E-state index < -0.39 is 0 Å². The van der Waals surface area contributed by atoms with Gasteiger partial charge in [0.1, 0.15) is 5.75 Å². The molecule has 2 aromatic carbocycles. The van der Waals surface area contributed by atoms with E-state index in [-0.39, 0.29) is 5.91 Å². The number of likely N-dealkylation sites (N-methyl/N-ethyl adjacent to an activating group) is 1. The molecule has 1 heterocycles. The largest absolute Gasteiger partial charge is 0.497 e. The average molecular weight is 377 g/mol. The van der Waals surface area contributed by atoms with E-state index in [1.165, 1.54) is 0 Å². The molecule has 0 unspecified atom stereocenters. The van der Waals surface area contributed by atoms with Crippen LogP contribution in [0.25, 0.3) is 16.9 Å². The summed E-state index contributed by atoms with van der Waals surface area (Å²) >= 11 is 0. The Bertz CT molecular complexity index is 928. The van der Waals surface area contributed by atoms with Crippen LogP contribution >= 0.6 is 0 Å². The molecule has 0 radical (unpaired) electrons. The second-order valence-electron chi connectivity index (χ2n) is 6.99. The maximum Gasteiger partial charge on any atom is 0.253 e. The Kier molecular flexibility index (Phi) is 6.16. The number of carbonyl (C=O) groups excluding carboxylic acids is 1. The molecule has 1 aromatic heterocycles. The van der Waals surface area contributed by atoms with Gasteiger partial charge in [0, 0.05) is 24.5 Å². The zero-order valence-electron chi connectivity index (χ0n) is 16.9. The van der Waals surface area contributed by atoms with Crippen LogP contribution in [0.1, 0.15) is 16.1 Å². The number of nitrogens with zero attached hydrogens (tertiary/aromatic N) is 2. The molecular formula is C23H27N3O2. The van der Waals surface area contributed by atoms with Crippen LogP contribution < -0.4 is 10.1 Å². The number of aromatic nitrogens is 1. The fraction of sp³-hybridized carbons (Fsp3) is 0.261. The summed E-state index contributed by atoms with van der Waals surface area (Å²) < 4.78 is 7.40. The fourth-order valence-corrected chi connectivity index (χ4v) is 3.21. The summed E-state index contributed by atoms with van der Waals surface area (Å²) in [5.41, 5.74) is 4.63. The summed E-state index contributed by atoms with van der Waals surface area (Å²) in [6.07, 6.45) is 0. The number of ether oxygens (including phenoxy) is 1. The minimum atomic E-state index is -0.0520. The highest BCUT2D eigenvalue weighted by atomic mass is 16.5. The van der Waals surface area contributed by atoms with Crippen molar-refractivity contribution in [2.24, 2.45) is 0 Å². The highest BCUT2D eigenvalue weighted by Gasteiger charge is 2.19. The van der Waals surface area contributed by atoms with Crippen LogP contribution in [-0.2, 0) is 0 Å². The van der Waals surface area contributed by atoms with Gasteiger partial charge < -0.3 is 19.5 Å². The van der Waals surface area contributed by atoms with Gasteiger partial charge in [-0.15, -0.1) is 0 Å². The minimum absolute atomic E-state index is 0.0520. The van der Waals surface area contributed by atoms with Gasteiger partial charge in [0.05, 0.1) is 18.4 Å². The molecule has 5 heteroatoms. The number of benzene rings is 2. The standard InChI is InChI=1S/C23H27N3O2/c1-17-21(23(27)24-14-15-25(2)3)16-22(18-10-12-20(28-4)13-11-18)26(17)19-8-6-5-7-9-19/h5-13,16H,14-15H2,1-4H3,(H,24,27). The van der Waals surface area contributed by atoms with E-state index in [0.29, 0.717) is 12.1 Å². The van der Waals surface area contributed by atoms with Gasteiger partial charge in [-0.25, -0.2) is 0 Å². The summed E-state index contributed by atoms with van der Waals surface area (Å²) in [6.45, 7) is 3.40. The Morgan fingerprint density at radius 2 is 1.75 bits per heavy atom. The average Bonchev–Trinajstić information content (AvgIpc) is 3.05. The smallest absolute Gasteiger partial charge is 0.253 e. The number of hydrogen-bond donors (Lipinski definition) is 1. The zero-order chi connectivity index (χ0) is 20.1. The summed E-state index contributed by atoms with van der Waals surface area (Å²) in [6, 6.07) is 20.0. The van der Waals surface area contributed by atoms with Crippen molar-refractivity contribution in [1.29, 1.82) is 0 Å². The molecule has 28 heavy (non-hydrogen) atoms. The van der Waals surface area contributed by atoms with Crippen molar-refractivity contribution in [3.05, 3.63) is 71.9 Å². The van der Waals surface area contributed by atoms with Crippen molar-refractivity contribution < 1.29 is 9.53 Å². The molecule has 0 aliphatic rings. The van der Waals surface area contributed by atoms with Gasteiger partial charge >= 0.3 is 0 Å². The third-order valence-electron chi connectivity index (χ3n) is 4.74. The number of carbonyl (C=O) groups is 1. The quantitative estimate of drug-likeness (QED) is 0.682. The zero-order valence-corrected chi connectivity index (χ0v) is 16.9.